The van der Waals surface area contributed by atoms with Crippen LogP contribution < -0.4 is 0 Å². The van der Waals surface area contributed by atoms with E-state index in [0.29, 0.717) is 0 Å². The van der Waals surface area contributed by atoms with Crippen LogP contribution in [-0.4, -0.2) is 13.1 Å². The van der Waals surface area contributed by atoms with Gasteiger partial charge in [-0.15, -0.1) is 11.3 Å². The minimum absolute atomic E-state index is 0.111. The molecule has 28 atom stereocenters. The summed E-state index contributed by atoms with van der Waals surface area (Å²) in [5.41, 5.74) is 6.55. The van der Waals surface area contributed by atoms with Gasteiger partial charge < -0.3 is 4.74 Å². The molecule has 0 bridgehead atoms. The fraction of sp³-hybridized carbons (Fsp3) is 0.712. The number of thiophene rings is 1. The van der Waals surface area contributed by atoms with Gasteiger partial charge in [-0.1, -0.05) is 41.5 Å². The molecule has 55 heavy (non-hydrogen) atoms. The summed E-state index contributed by atoms with van der Waals surface area (Å²) in [6, 6.07) is 14.0. The molecule has 16 aliphatic carbocycles. The van der Waals surface area contributed by atoms with Gasteiger partial charge in [-0.05, 0) is 234 Å². The van der Waals surface area contributed by atoms with Gasteiger partial charge in [0.1, 0.15) is 0 Å². The van der Waals surface area contributed by atoms with Crippen molar-refractivity contribution in [2.75, 3.05) is 7.11 Å². The van der Waals surface area contributed by atoms with Crippen molar-refractivity contribution in [1.82, 2.24) is 0 Å². The summed E-state index contributed by atoms with van der Waals surface area (Å²) in [5.74, 6) is 26.3. The first-order valence-electron chi connectivity index (χ1n) is 23.7. The number of carbonyl (C=O) groups is 1. The van der Waals surface area contributed by atoms with Crippen LogP contribution in [0, 0.1) is 159 Å². The first-order valence-corrected chi connectivity index (χ1v) is 24.6. The molecule has 0 radical (unpaired) electrons. The first kappa shape index (κ1) is 29.1. The van der Waals surface area contributed by atoms with E-state index in [0.717, 1.165) is 159 Å². The van der Waals surface area contributed by atoms with Crippen molar-refractivity contribution in [2.24, 2.45) is 159 Å². The maximum atomic E-state index is 13.1. The van der Waals surface area contributed by atoms with Crippen molar-refractivity contribution >= 4 is 17.3 Å². The molecule has 1 aromatic heterocycles. The number of ether oxygens (including phenoxy) is 1. The van der Waals surface area contributed by atoms with Gasteiger partial charge in [0.15, 0.2) is 0 Å². The van der Waals surface area contributed by atoms with Gasteiger partial charge in [-0.2, -0.15) is 0 Å². The molecule has 2 aromatic rings. The Morgan fingerprint density at radius 3 is 2.02 bits per heavy atom. The van der Waals surface area contributed by atoms with Crippen LogP contribution in [0.15, 0.2) is 65.1 Å². The Kier molecular flexibility index (Phi) is 4.56. The van der Waals surface area contributed by atoms with Gasteiger partial charge in [-0.25, -0.2) is 4.79 Å². The van der Waals surface area contributed by atoms with E-state index in [2.05, 4.69) is 59.2 Å². The average Bonchev–Trinajstić information content (AvgIpc) is 4.05. The van der Waals surface area contributed by atoms with Crippen LogP contribution in [0.4, 0.5) is 0 Å². The fourth-order valence-corrected chi connectivity index (χ4v) is 26.7. The summed E-state index contributed by atoms with van der Waals surface area (Å²) < 4.78 is 5.36. The van der Waals surface area contributed by atoms with E-state index in [1.165, 1.54) is 24.8 Å². The quantitative estimate of drug-likeness (QED) is 0.231. The highest BCUT2D eigenvalue weighted by molar-refractivity contribution is 7.10. The Bertz CT molecular complexity index is 2280. The molecule has 280 valence electrons. The molecule has 0 amide bonds. The van der Waals surface area contributed by atoms with Gasteiger partial charge in [0.2, 0.25) is 0 Å². The topological polar surface area (TPSA) is 26.3 Å². The Hall–Kier alpha value is -2.13. The molecular formula is C52H54O2S. The Morgan fingerprint density at radius 1 is 0.636 bits per heavy atom. The molecule has 14 saturated carbocycles. The number of benzene rings is 1. The third kappa shape index (κ3) is 2.62. The summed E-state index contributed by atoms with van der Waals surface area (Å²) >= 11 is 2.13. The highest BCUT2D eigenvalue weighted by Crippen LogP contribution is 2.94. The Morgan fingerprint density at radius 2 is 1.27 bits per heavy atom. The van der Waals surface area contributed by atoms with E-state index in [9.17, 15) is 4.79 Å². The van der Waals surface area contributed by atoms with Crippen LogP contribution in [-0.2, 0) is 16.6 Å². The zero-order valence-corrected chi connectivity index (χ0v) is 32.9. The molecule has 16 aliphatic rings. The van der Waals surface area contributed by atoms with Gasteiger partial charge in [0.25, 0.3) is 0 Å². The Balaban J connectivity index is 0.981. The molecule has 14 fully saturated rings. The van der Waals surface area contributed by atoms with Gasteiger partial charge >= 0.3 is 5.97 Å². The summed E-state index contributed by atoms with van der Waals surface area (Å²) in [6.07, 6.45) is 18.4. The summed E-state index contributed by atoms with van der Waals surface area (Å²) in [5, 5.41) is 2.44. The van der Waals surface area contributed by atoms with E-state index in [1.54, 1.807) is 44.1 Å². The zero-order chi connectivity index (χ0) is 34.9. The number of allylic oxidation sites excluding steroid dienone is 4. The predicted molar refractivity (Wildman–Crippen MR) is 209 cm³/mol. The predicted octanol–water partition coefficient (Wildman–Crippen LogP) is 9.82. The summed E-state index contributed by atoms with van der Waals surface area (Å²) in [7, 11) is 1.57. The molecule has 0 N–H and O–H groups in total. The second-order valence-electron chi connectivity index (χ2n) is 24.2. The van der Waals surface area contributed by atoms with Crippen LogP contribution in [0.2, 0.25) is 0 Å². The molecule has 0 saturated heterocycles. The van der Waals surface area contributed by atoms with Crippen molar-refractivity contribution in [1.29, 1.82) is 0 Å². The standard InChI is InChI=1S/C52H54O2S/c1-54-50(53)20-5-2-4-19(8-20)16-52-28-15-26-13-24-11-22-9-21-10-23-12-25-14-27-17-51(18-28,29-6-3-7-55-29)48-45-35(27)32(25)37-33(23)36-30(21)31(22)38-34(24)44(47(26)52)42-41(38)39(36)40(37)43(45)46(42)49(48)52/h2-8,17-18,21-26,30-49H,9-16H2,1H3. The normalized spacial score (nSPS) is 65.9. The zero-order valence-electron chi connectivity index (χ0n) is 32.1. The second-order valence-corrected chi connectivity index (χ2v) is 25.1. The van der Waals surface area contributed by atoms with Crippen LogP contribution in [0.3, 0.4) is 0 Å². The summed E-state index contributed by atoms with van der Waals surface area (Å²) in [6.45, 7) is 0. The van der Waals surface area contributed by atoms with Gasteiger partial charge in [0.05, 0.1) is 12.7 Å². The van der Waals surface area contributed by atoms with Gasteiger partial charge in [-0.3, -0.25) is 0 Å². The minimum Gasteiger partial charge on any atom is -0.465 e. The van der Waals surface area contributed by atoms with E-state index in [-0.39, 0.29) is 16.8 Å². The minimum atomic E-state index is -0.160. The van der Waals surface area contributed by atoms with Crippen molar-refractivity contribution in [3.63, 3.8) is 0 Å². The van der Waals surface area contributed by atoms with E-state index in [4.69, 9.17) is 4.74 Å². The SMILES string of the molecule is COC(=O)c1cccc(CC23C4=CC5(c6cccs6)C=C6CC7CC8CC9CC%10CC%11CC(C4)C2C2C%11C4C%10C9C9C8C8C7C6C6C7C8C9C4C2C7C3C65)c1. The maximum absolute atomic E-state index is 13.1. The monoisotopic (exact) mass is 742 g/mol. The Labute approximate surface area is 329 Å². The third-order valence-corrected chi connectivity index (χ3v) is 25.6. The number of methoxy groups -OCH3 is 1. The number of esters is 1. The number of carbonyl (C=O) groups excluding carboxylic acids is 1. The number of hydrogen-bond acceptors (Lipinski definition) is 3. The number of rotatable bonds is 4. The van der Waals surface area contributed by atoms with Crippen LogP contribution in [0.25, 0.3) is 0 Å². The summed E-state index contributed by atoms with van der Waals surface area (Å²) in [4.78, 5) is 14.8. The lowest BCUT2D eigenvalue weighted by Crippen LogP contribution is -2.62. The second kappa shape index (κ2) is 8.61. The lowest BCUT2D eigenvalue weighted by atomic mass is 9.38. The highest BCUT2D eigenvalue weighted by atomic mass is 32.1. The van der Waals surface area contributed by atoms with Crippen molar-refractivity contribution in [2.45, 2.75) is 56.8 Å². The fourth-order valence-electron chi connectivity index (χ4n) is 25.8. The third-order valence-electron chi connectivity index (χ3n) is 24.5. The van der Waals surface area contributed by atoms with Crippen LogP contribution in [0.1, 0.15) is 65.7 Å². The lowest BCUT2D eigenvalue weighted by molar-refractivity contribution is -0.163. The largest absolute Gasteiger partial charge is 0.465 e. The highest BCUT2D eigenvalue weighted by Gasteiger charge is 2.89. The van der Waals surface area contributed by atoms with E-state index >= 15 is 0 Å². The average molecular weight is 743 g/mol. The maximum Gasteiger partial charge on any atom is 0.337 e. The molecule has 0 spiro atoms. The van der Waals surface area contributed by atoms with Crippen molar-refractivity contribution in [3.05, 3.63) is 81.1 Å². The first-order chi connectivity index (χ1) is 27.1. The van der Waals surface area contributed by atoms with Gasteiger partial charge in [0, 0.05) is 15.7 Å². The molecule has 3 heteroatoms. The smallest absolute Gasteiger partial charge is 0.337 e. The van der Waals surface area contributed by atoms with Crippen molar-refractivity contribution < 1.29 is 9.53 Å². The number of hydrogen-bond donors (Lipinski definition) is 0. The molecule has 28 unspecified atom stereocenters. The molecule has 1 heterocycles. The van der Waals surface area contributed by atoms with E-state index < -0.39 is 0 Å². The molecular weight excluding hydrogens is 689 g/mol. The van der Waals surface area contributed by atoms with Crippen molar-refractivity contribution in [3.8, 4) is 0 Å². The molecule has 0 aliphatic heterocycles. The molecule has 18 rings (SSSR count). The van der Waals surface area contributed by atoms with Crippen LogP contribution >= 0.6 is 11.3 Å². The lowest BCUT2D eigenvalue weighted by Gasteiger charge is -2.65. The molecule has 1 aromatic carbocycles. The van der Waals surface area contributed by atoms with E-state index in [1.807, 2.05) is 17.2 Å². The molecule has 2 nitrogen and oxygen atoms in total. The van der Waals surface area contributed by atoms with Crippen LogP contribution in [0.5, 0.6) is 0 Å².